The predicted octanol–water partition coefficient (Wildman–Crippen LogP) is 1.10. The van der Waals surface area contributed by atoms with Crippen LogP contribution in [0.2, 0.25) is 0 Å². The summed E-state index contributed by atoms with van der Waals surface area (Å²) >= 11 is 0. The normalized spacial score (nSPS) is 12.2. The van der Waals surface area contributed by atoms with Gasteiger partial charge in [-0.25, -0.2) is 9.48 Å². The molecule has 0 saturated heterocycles. The summed E-state index contributed by atoms with van der Waals surface area (Å²) in [7, 11) is 1.28. The molecule has 1 N–H and O–H groups in total. The van der Waals surface area contributed by atoms with Gasteiger partial charge in [-0.3, -0.25) is 9.59 Å². The SMILES string of the molecule is COC(=O)[C@H](CC(C)C)NC(=O)Cn1ncc2ccccc2c1=O. The average molecular weight is 331 g/mol. The van der Waals surface area contributed by atoms with E-state index in [1.54, 1.807) is 18.2 Å². The topological polar surface area (TPSA) is 90.3 Å². The summed E-state index contributed by atoms with van der Waals surface area (Å²) < 4.78 is 5.79. The average Bonchev–Trinajstić information content (AvgIpc) is 2.56. The van der Waals surface area contributed by atoms with Gasteiger partial charge in [-0.15, -0.1) is 0 Å². The summed E-state index contributed by atoms with van der Waals surface area (Å²) in [6.07, 6.45) is 1.99. The van der Waals surface area contributed by atoms with Crippen molar-refractivity contribution < 1.29 is 14.3 Å². The Hall–Kier alpha value is -2.70. The van der Waals surface area contributed by atoms with E-state index in [2.05, 4.69) is 10.4 Å². The van der Waals surface area contributed by atoms with Crippen molar-refractivity contribution in [2.75, 3.05) is 7.11 Å². The molecule has 2 aromatic rings. The Balaban J connectivity index is 2.15. The molecule has 128 valence electrons. The quantitative estimate of drug-likeness (QED) is 0.801. The number of nitrogens with one attached hydrogen (secondary N) is 1. The van der Waals surface area contributed by atoms with Crippen molar-refractivity contribution in [1.29, 1.82) is 0 Å². The van der Waals surface area contributed by atoms with Crippen LogP contribution in [0.25, 0.3) is 10.8 Å². The lowest BCUT2D eigenvalue weighted by Crippen LogP contribution is -2.44. The molecular weight excluding hydrogens is 310 g/mol. The summed E-state index contributed by atoms with van der Waals surface area (Å²) in [6, 6.07) is 6.30. The third-order valence-corrected chi connectivity index (χ3v) is 3.58. The highest BCUT2D eigenvalue weighted by molar-refractivity contribution is 5.85. The Morgan fingerprint density at radius 3 is 2.67 bits per heavy atom. The van der Waals surface area contributed by atoms with Crippen LogP contribution in [0.15, 0.2) is 35.3 Å². The van der Waals surface area contributed by atoms with E-state index < -0.39 is 17.9 Å². The number of benzene rings is 1. The second-order valence-electron chi connectivity index (χ2n) is 5.97. The molecule has 1 aromatic carbocycles. The van der Waals surface area contributed by atoms with Crippen molar-refractivity contribution in [2.45, 2.75) is 32.9 Å². The fourth-order valence-corrected chi connectivity index (χ4v) is 2.44. The summed E-state index contributed by atoms with van der Waals surface area (Å²) in [5.74, 6) is -0.761. The van der Waals surface area contributed by atoms with Gasteiger partial charge in [-0.05, 0) is 18.4 Å². The fourth-order valence-electron chi connectivity index (χ4n) is 2.44. The standard InChI is InChI=1S/C17H21N3O4/c1-11(2)8-14(17(23)24-3)19-15(21)10-20-16(22)13-7-5-4-6-12(13)9-18-20/h4-7,9,11,14H,8,10H2,1-3H3,(H,19,21)/t14-/m0/s1. The number of esters is 1. The summed E-state index contributed by atoms with van der Waals surface area (Å²) in [4.78, 5) is 36.3. The van der Waals surface area contributed by atoms with Crippen LogP contribution in [0, 0.1) is 5.92 Å². The number of hydrogen-bond acceptors (Lipinski definition) is 5. The minimum atomic E-state index is -0.737. The number of aromatic nitrogens is 2. The van der Waals surface area contributed by atoms with E-state index in [1.165, 1.54) is 13.3 Å². The number of carbonyl (C=O) groups excluding carboxylic acids is 2. The first kappa shape index (κ1) is 17.7. The number of hydrogen-bond donors (Lipinski definition) is 1. The summed E-state index contributed by atoms with van der Waals surface area (Å²) in [6.45, 7) is 3.63. The molecule has 1 amide bonds. The van der Waals surface area contributed by atoms with Crippen LogP contribution in [-0.4, -0.2) is 34.8 Å². The molecular formula is C17H21N3O4. The van der Waals surface area contributed by atoms with Crippen molar-refractivity contribution in [3.63, 3.8) is 0 Å². The van der Waals surface area contributed by atoms with E-state index in [4.69, 9.17) is 4.74 Å². The number of carbonyl (C=O) groups is 2. The maximum atomic E-state index is 12.3. The molecule has 0 aliphatic carbocycles. The van der Waals surface area contributed by atoms with Gasteiger partial charge in [0.1, 0.15) is 12.6 Å². The molecule has 0 aliphatic heterocycles. The molecule has 7 heteroatoms. The molecule has 0 saturated carbocycles. The van der Waals surface area contributed by atoms with E-state index in [1.807, 2.05) is 19.9 Å². The third-order valence-electron chi connectivity index (χ3n) is 3.58. The van der Waals surface area contributed by atoms with E-state index in [-0.39, 0.29) is 18.0 Å². The molecule has 0 radical (unpaired) electrons. The van der Waals surface area contributed by atoms with Crippen molar-refractivity contribution in [2.24, 2.45) is 5.92 Å². The Kier molecular flexibility index (Phi) is 5.68. The van der Waals surface area contributed by atoms with Crippen molar-refractivity contribution in [3.05, 3.63) is 40.8 Å². The molecule has 2 rings (SSSR count). The van der Waals surface area contributed by atoms with Gasteiger partial charge in [-0.2, -0.15) is 5.10 Å². The van der Waals surface area contributed by atoms with Gasteiger partial charge in [0.25, 0.3) is 5.56 Å². The molecule has 0 bridgehead atoms. The van der Waals surface area contributed by atoms with Crippen LogP contribution in [0.3, 0.4) is 0 Å². The molecule has 0 spiro atoms. The zero-order valence-corrected chi connectivity index (χ0v) is 14.0. The molecule has 0 fully saturated rings. The second kappa shape index (κ2) is 7.72. The second-order valence-corrected chi connectivity index (χ2v) is 5.97. The highest BCUT2D eigenvalue weighted by Gasteiger charge is 2.23. The van der Waals surface area contributed by atoms with Crippen LogP contribution in [0.5, 0.6) is 0 Å². The third kappa shape index (κ3) is 4.18. The lowest BCUT2D eigenvalue weighted by molar-refractivity contribution is -0.145. The molecule has 0 unspecified atom stereocenters. The Morgan fingerprint density at radius 1 is 1.29 bits per heavy atom. The van der Waals surface area contributed by atoms with Crippen molar-refractivity contribution in [1.82, 2.24) is 15.1 Å². The van der Waals surface area contributed by atoms with E-state index in [0.717, 1.165) is 4.68 Å². The molecule has 0 aliphatic rings. The van der Waals surface area contributed by atoms with Crippen molar-refractivity contribution in [3.8, 4) is 0 Å². The molecule has 1 atom stereocenters. The van der Waals surface area contributed by atoms with Gasteiger partial charge in [-0.1, -0.05) is 32.0 Å². The molecule has 1 heterocycles. The monoisotopic (exact) mass is 331 g/mol. The number of rotatable bonds is 6. The minimum absolute atomic E-state index is 0.205. The largest absolute Gasteiger partial charge is 0.467 e. The summed E-state index contributed by atoms with van der Waals surface area (Å²) in [5.41, 5.74) is -0.346. The number of amides is 1. The van der Waals surface area contributed by atoms with Crippen LogP contribution < -0.4 is 10.9 Å². The van der Waals surface area contributed by atoms with Gasteiger partial charge in [0.05, 0.1) is 18.7 Å². The smallest absolute Gasteiger partial charge is 0.328 e. The van der Waals surface area contributed by atoms with Crippen LogP contribution in [-0.2, 0) is 20.9 Å². The van der Waals surface area contributed by atoms with E-state index in [9.17, 15) is 14.4 Å². The van der Waals surface area contributed by atoms with Gasteiger partial charge >= 0.3 is 5.97 Å². The Bertz CT molecular complexity index is 798. The maximum Gasteiger partial charge on any atom is 0.328 e. The minimum Gasteiger partial charge on any atom is -0.467 e. The zero-order chi connectivity index (χ0) is 17.7. The summed E-state index contributed by atoms with van der Waals surface area (Å²) in [5, 5.41) is 7.82. The predicted molar refractivity (Wildman–Crippen MR) is 89.4 cm³/mol. The first-order valence-electron chi connectivity index (χ1n) is 7.74. The Labute approximate surface area is 139 Å². The van der Waals surface area contributed by atoms with Crippen LogP contribution in [0.4, 0.5) is 0 Å². The number of ether oxygens (including phenoxy) is 1. The van der Waals surface area contributed by atoms with Crippen LogP contribution in [0.1, 0.15) is 20.3 Å². The maximum absolute atomic E-state index is 12.3. The van der Waals surface area contributed by atoms with Gasteiger partial charge in [0, 0.05) is 5.39 Å². The number of nitrogens with zero attached hydrogens (tertiary/aromatic N) is 2. The van der Waals surface area contributed by atoms with Crippen molar-refractivity contribution >= 4 is 22.6 Å². The van der Waals surface area contributed by atoms with Crippen LogP contribution >= 0.6 is 0 Å². The lowest BCUT2D eigenvalue weighted by Gasteiger charge is -2.18. The highest BCUT2D eigenvalue weighted by Crippen LogP contribution is 2.07. The molecule has 1 aromatic heterocycles. The lowest BCUT2D eigenvalue weighted by atomic mass is 10.0. The zero-order valence-electron chi connectivity index (χ0n) is 14.0. The number of methoxy groups -OCH3 is 1. The molecule has 7 nitrogen and oxygen atoms in total. The Morgan fingerprint density at radius 2 is 2.00 bits per heavy atom. The number of fused-ring (bicyclic) bond motifs is 1. The van der Waals surface area contributed by atoms with E-state index in [0.29, 0.717) is 17.2 Å². The highest BCUT2D eigenvalue weighted by atomic mass is 16.5. The first-order chi connectivity index (χ1) is 11.4. The van der Waals surface area contributed by atoms with E-state index >= 15 is 0 Å². The fraction of sp³-hybridized carbons (Fsp3) is 0.412. The van der Waals surface area contributed by atoms with Gasteiger partial charge in [0.15, 0.2) is 0 Å². The van der Waals surface area contributed by atoms with Gasteiger partial charge < -0.3 is 10.1 Å². The van der Waals surface area contributed by atoms with Gasteiger partial charge in [0.2, 0.25) is 5.91 Å². The first-order valence-corrected chi connectivity index (χ1v) is 7.74. The molecule has 24 heavy (non-hydrogen) atoms.